The number of nitrogens with one attached hydrogen (secondary N) is 1. The van der Waals surface area contributed by atoms with Gasteiger partial charge in [-0.15, -0.1) is 0 Å². The zero-order chi connectivity index (χ0) is 28.3. The Morgan fingerprint density at radius 2 is 2.08 bits per heavy atom. The van der Waals surface area contributed by atoms with Crippen LogP contribution in [0.1, 0.15) is 18.9 Å². The Labute approximate surface area is 231 Å². The van der Waals surface area contributed by atoms with Gasteiger partial charge in [0.05, 0.1) is 32.2 Å². The highest BCUT2D eigenvalue weighted by Gasteiger charge is 2.42. The number of nitrogens with two attached hydrogens (primary N) is 1. The average molecular weight is 552 g/mol. The van der Waals surface area contributed by atoms with Crippen molar-refractivity contribution in [2.75, 3.05) is 44.5 Å². The third-order valence-electron chi connectivity index (χ3n) is 6.85. The van der Waals surface area contributed by atoms with Gasteiger partial charge in [0.2, 0.25) is 17.7 Å². The number of hydrogen-bond acceptors (Lipinski definition) is 10. The molecule has 0 radical (unpaired) electrons. The van der Waals surface area contributed by atoms with E-state index < -0.39 is 6.10 Å². The van der Waals surface area contributed by atoms with Gasteiger partial charge in [-0.3, -0.25) is 14.3 Å². The molecule has 13 nitrogen and oxygen atoms in total. The molecule has 0 aromatic carbocycles. The fourth-order valence-corrected chi connectivity index (χ4v) is 4.61. The second kappa shape index (κ2) is 11.4. The Kier molecular flexibility index (Phi) is 7.74. The zero-order valence-corrected chi connectivity index (χ0v) is 22.7. The van der Waals surface area contributed by atoms with Crippen LogP contribution in [0.3, 0.4) is 0 Å². The van der Waals surface area contributed by atoms with Gasteiger partial charge in [0, 0.05) is 49.5 Å². The molecule has 40 heavy (non-hydrogen) atoms. The van der Waals surface area contributed by atoms with Crippen LogP contribution in [-0.4, -0.2) is 82.1 Å². The molecule has 0 unspecified atom stereocenters. The Morgan fingerprint density at radius 1 is 1.25 bits per heavy atom. The van der Waals surface area contributed by atoms with Crippen molar-refractivity contribution in [3.8, 4) is 17.5 Å². The van der Waals surface area contributed by atoms with Gasteiger partial charge in [-0.1, -0.05) is 13.0 Å². The lowest BCUT2D eigenvalue weighted by molar-refractivity contribution is -0.145. The lowest BCUT2D eigenvalue weighted by Gasteiger charge is -2.47. The van der Waals surface area contributed by atoms with Crippen molar-refractivity contribution < 1.29 is 28.5 Å². The number of anilines is 2. The average Bonchev–Trinajstić information content (AvgIpc) is 3.57. The number of carbonyl (C=O) groups excluding carboxylic acids is 2. The van der Waals surface area contributed by atoms with Crippen LogP contribution in [0.5, 0.6) is 17.5 Å². The van der Waals surface area contributed by atoms with Crippen molar-refractivity contribution in [2.45, 2.75) is 39.0 Å². The molecule has 3 aromatic rings. The van der Waals surface area contributed by atoms with E-state index in [1.165, 1.54) is 18.0 Å². The van der Waals surface area contributed by atoms with Crippen LogP contribution in [0.15, 0.2) is 42.9 Å². The molecule has 2 aliphatic heterocycles. The maximum atomic E-state index is 12.8. The largest absolute Gasteiger partial charge is 0.488 e. The summed E-state index contributed by atoms with van der Waals surface area (Å²) in [6.45, 7) is 5.84. The van der Waals surface area contributed by atoms with E-state index in [1.54, 1.807) is 35.5 Å². The van der Waals surface area contributed by atoms with E-state index in [4.69, 9.17) is 24.7 Å². The van der Waals surface area contributed by atoms with E-state index >= 15 is 0 Å². The molecule has 5 heterocycles. The maximum absolute atomic E-state index is 12.8. The van der Waals surface area contributed by atoms with Crippen LogP contribution in [-0.2, 0) is 20.9 Å². The van der Waals surface area contributed by atoms with Gasteiger partial charge in [0.1, 0.15) is 30.3 Å². The summed E-state index contributed by atoms with van der Waals surface area (Å²) in [5.41, 5.74) is 7.06. The molecule has 2 fully saturated rings. The first-order valence-electron chi connectivity index (χ1n) is 12.9. The molecule has 2 atom stereocenters. The number of hydrogen-bond donors (Lipinski definition) is 2. The van der Waals surface area contributed by atoms with Crippen molar-refractivity contribution in [2.24, 2.45) is 5.41 Å². The first kappa shape index (κ1) is 27.2. The molecule has 3 aromatic heterocycles. The zero-order valence-electron chi connectivity index (χ0n) is 22.7. The summed E-state index contributed by atoms with van der Waals surface area (Å²) in [4.78, 5) is 35.5. The molecule has 13 heteroatoms. The van der Waals surface area contributed by atoms with E-state index in [-0.39, 0.29) is 36.5 Å². The lowest BCUT2D eigenvalue weighted by atomic mass is 9.83. The van der Waals surface area contributed by atoms with Gasteiger partial charge in [0.15, 0.2) is 0 Å². The summed E-state index contributed by atoms with van der Waals surface area (Å²) in [6, 6.07) is 7.05. The van der Waals surface area contributed by atoms with Gasteiger partial charge in [-0.05, 0) is 18.6 Å². The van der Waals surface area contributed by atoms with Gasteiger partial charge in [-0.2, -0.15) is 10.1 Å². The molecule has 0 aliphatic carbocycles. The third kappa shape index (κ3) is 6.42. The Morgan fingerprint density at radius 3 is 2.85 bits per heavy atom. The van der Waals surface area contributed by atoms with Gasteiger partial charge < -0.3 is 34.9 Å². The molecule has 0 saturated carbocycles. The summed E-state index contributed by atoms with van der Waals surface area (Å²) in [6.07, 6.45) is 4.18. The second-order valence-corrected chi connectivity index (χ2v) is 10.4. The first-order valence-corrected chi connectivity index (χ1v) is 12.9. The summed E-state index contributed by atoms with van der Waals surface area (Å²) < 4.78 is 24.0. The Hall–Kier alpha value is -4.39. The maximum Gasteiger partial charge on any atom is 0.253 e. The molecule has 0 spiro atoms. The minimum Gasteiger partial charge on any atom is -0.488 e. The standard InChI is InChI=1S/C27H33N7O6/c1-17-4-5-22(32-25(17)28)39-16-27(2)14-33(15-27)24(35)12-34-11-18(10-30-34)31-26(36)21-8-20(13-38-21)40-19-6-7-29-23(9-19)37-3/h4-7,9-11,20-21H,8,12-16H2,1-3H3,(H2,28,32)(H,31,36)/t20-,21+/m1/s1. The summed E-state index contributed by atoms with van der Waals surface area (Å²) in [5.74, 6) is 1.59. The highest BCUT2D eigenvalue weighted by Crippen LogP contribution is 2.31. The highest BCUT2D eigenvalue weighted by atomic mass is 16.6. The molecule has 2 saturated heterocycles. The van der Waals surface area contributed by atoms with E-state index in [9.17, 15) is 9.59 Å². The topological polar surface area (TPSA) is 156 Å². The number of nitrogen functional groups attached to an aromatic ring is 1. The minimum absolute atomic E-state index is 0.0636. The van der Waals surface area contributed by atoms with Crippen molar-refractivity contribution in [1.29, 1.82) is 0 Å². The predicted molar refractivity (Wildman–Crippen MR) is 144 cm³/mol. The summed E-state index contributed by atoms with van der Waals surface area (Å²) in [7, 11) is 1.53. The highest BCUT2D eigenvalue weighted by molar-refractivity contribution is 5.94. The first-order chi connectivity index (χ1) is 19.2. The van der Waals surface area contributed by atoms with Crippen LogP contribution in [0.4, 0.5) is 11.5 Å². The number of amides is 2. The third-order valence-corrected chi connectivity index (χ3v) is 6.85. The van der Waals surface area contributed by atoms with Crippen molar-refractivity contribution in [1.82, 2.24) is 24.6 Å². The van der Waals surface area contributed by atoms with Gasteiger partial charge in [0.25, 0.3) is 5.91 Å². The fourth-order valence-electron chi connectivity index (χ4n) is 4.61. The number of aromatic nitrogens is 4. The number of pyridine rings is 2. The number of rotatable bonds is 10. The van der Waals surface area contributed by atoms with Crippen LogP contribution in [0.2, 0.25) is 0 Å². The number of carbonyl (C=O) groups is 2. The van der Waals surface area contributed by atoms with E-state index in [0.717, 1.165) is 5.56 Å². The quantitative estimate of drug-likeness (QED) is 0.380. The lowest BCUT2D eigenvalue weighted by Crippen LogP contribution is -2.60. The normalized spacial score (nSPS) is 19.5. The van der Waals surface area contributed by atoms with Crippen LogP contribution in [0.25, 0.3) is 0 Å². The summed E-state index contributed by atoms with van der Waals surface area (Å²) >= 11 is 0. The molecule has 0 bridgehead atoms. The SMILES string of the molecule is COc1cc(O[C@H]2CO[C@H](C(=O)Nc3cnn(CC(=O)N4CC(C)(COc5ccc(C)c(N)n5)C4)c3)C2)ccn1. The molecule has 2 amide bonds. The summed E-state index contributed by atoms with van der Waals surface area (Å²) in [5, 5.41) is 7.02. The molecule has 212 valence electrons. The van der Waals surface area contributed by atoms with E-state index in [2.05, 4.69) is 27.3 Å². The number of ether oxygens (including phenoxy) is 4. The van der Waals surface area contributed by atoms with Crippen LogP contribution in [0, 0.1) is 12.3 Å². The number of aryl methyl sites for hydroxylation is 1. The Bertz CT molecular complexity index is 1370. The van der Waals surface area contributed by atoms with Gasteiger partial charge >= 0.3 is 0 Å². The van der Waals surface area contributed by atoms with Crippen molar-refractivity contribution in [3.63, 3.8) is 0 Å². The molecule has 2 aliphatic rings. The molecular formula is C27H33N7O6. The van der Waals surface area contributed by atoms with E-state index in [0.29, 0.717) is 55.1 Å². The Balaban J connectivity index is 1.04. The van der Waals surface area contributed by atoms with E-state index in [1.807, 2.05) is 13.0 Å². The number of nitrogens with zero attached hydrogens (tertiary/aromatic N) is 5. The molecular weight excluding hydrogens is 518 g/mol. The van der Waals surface area contributed by atoms with Crippen LogP contribution < -0.4 is 25.3 Å². The minimum atomic E-state index is -0.661. The fraction of sp³-hybridized carbons (Fsp3) is 0.444. The molecule has 5 rings (SSSR count). The number of likely N-dealkylation sites (tertiary alicyclic amines) is 1. The van der Waals surface area contributed by atoms with Gasteiger partial charge in [-0.25, -0.2) is 4.98 Å². The van der Waals surface area contributed by atoms with Crippen molar-refractivity contribution in [3.05, 3.63) is 48.4 Å². The predicted octanol–water partition coefficient (Wildman–Crippen LogP) is 1.67. The second-order valence-electron chi connectivity index (χ2n) is 10.4. The smallest absolute Gasteiger partial charge is 0.253 e. The molecule has 3 N–H and O–H groups in total. The number of methoxy groups -OCH3 is 1. The van der Waals surface area contributed by atoms with Crippen molar-refractivity contribution >= 4 is 23.3 Å². The monoisotopic (exact) mass is 551 g/mol. The van der Waals surface area contributed by atoms with Crippen LogP contribution >= 0.6 is 0 Å².